The van der Waals surface area contributed by atoms with Gasteiger partial charge in [0.1, 0.15) is 5.01 Å². The van der Waals surface area contributed by atoms with E-state index in [-0.39, 0.29) is 5.17 Å². The van der Waals surface area contributed by atoms with E-state index in [0.717, 1.165) is 10.6 Å². The lowest BCUT2D eigenvalue weighted by Gasteiger charge is -1.91. The molecule has 0 atom stereocenters. The molecule has 0 aliphatic rings. The van der Waals surface area contributed by atoms with Crippen LogP contribution in [0, 0.1) is 0 Å². The van der Waals surface area contributed by atoms with Crippen molar-refractivity contribution in [3.8, 4) is 20.6 Å². The van der Waals surface area contributed by atoms with Crippen molar-refractivity contribution in [1.82, 2.24) is 24.8 Å². The molecule has 0 spiro atoms. The Bertz CT molecular complexity index is 1130. The Hall–Kier alpha value is -1.63. The van der Waals surface area contributed by atoms with Gasteiger partial charge in [0.2, 0.25) is 0 Å². The minimum atomic E-state index is 0.121. The van der Waals surface area contributed by atoms with Gasteiger partial charge in [-0.15, -0.1) is 30.6 Å². The first-order valence-corrected chi connectivity index (χ1v) is 11.3. The average molecular weight is 458 g/mol. The molecule has 4 aromatic rings. The molecule has 1 aromatic carbocycles. The molecular weight excluding hydrogens is 453 g/mol. The highest BCUT2D eigenvalue weighted by molar-refractivity contribution is 7.66. The van der Waals surface area contributed by atoms with E-state index in [0.29, 0.717) is 24.8 Å². The molecule has 130 valence electrons. The van der Waals surface area contributed by atoms with E-state index in [2.05, 4.69) is 35.0 Å². The smallest absolute Gasteiger partial charge is 0.167 e. The van der Waals surface area contributed by atoms with E-state index in [1.807, 2.05) is 30.3 Å². The molecule has 0 fully saturated rings. The van der Waals surface area contributed by atoms with Crippen molar-refractivity contribution < 1.29 is 0 Å². The summed E-state index contributed by atoms with van der Waals surface area (Å²) >= 11 is 14.7. The molecule has 0 radical (unpaired) electrons. The lowest BCUT2D eigenvalue weighted by Crippen LogP contribution is -1.95. The predicted molar refractivity (Wildman–Crippen MR) is 107 cm³/mol. The lowest BCUT2D eigenvalue weighted by atomic mass is 10.2. The standard InChI is InChI=1S/C13H5Cl2N7S4/c14-7(16-19-11-8(15)22-26-25-11)10-18-21-13(24-10)12-20-17-9(23-12)6-4-2-1-3-5-6/h1-5H/b16-7-,19-11+. The van der Waals surface area contributed by atoms with Crippen LogP contribution >= 0.6 is 66.8 Å². The van der Waals surface area contributed by atoms with Gasteiger partial charge in [-0.2, -0.15) is 4.37 Å². The first kappa shape index (κ1) is 17.8. The fraction of sp³-hybridized carbons (Fsp3) is 0. The quantitative estimate of drug-likeness (QED) is 0.257. The summed E-state index contributed by atoms with van der Waals surface area (Å²) in [6.45, 7) is 0. The van der Waals surface area contributed by atoms with E-state index < -0.39 is 0 Å². The molecule has 26 heavy (non-hydrogen) atoms. The Labute approximate surface area is 171 Å². The zero-order valence-electron chi connectivity index (χ0n) is 12.4. The molecule has 13 heteroatoms. The summed E-state index contributed by atoms with van der Waals surface area (Å²) in [4.78, 5) is 0. The highest BCUT2D eigenvalue weighted by Crippen LogP contribution is 2.31. The maximum atomic E-state index is 6.15. The molecule has 4 rings (SSSR count). The zero-order valence-corrected chi connectivity index (χ0v) is 17.2. The van der Waals surface area contributed by atoms with Crippen LogP contribution in [0.2, 0.25) is 5.15 Å². The van der Waals surface area contributed by atoms with Crippen molar-refractivity contribution >= 4 is 71.9 Å². The van der Waals surface area contributed by atoms with E-state index >= 15 is 0 Å². The topological polar surface area (TPSA) is 89.2 Å². The van der Waals surface area contributed by atoms with Crippen molar-refractivity contribution in [3.05, 3.63) is 45.2 Å². The van der Waals surface area contributed by atoms with Crippen LogP contribution in [0.1, 0.15) is 5.01 Å². The Morgan fingerprint density at radius 1 is 0.923 bits per heavy atom. The van der Waals surface area contributed by atoms with Crippen LogP contribution in [0.15, 0.2) is 40.5 Å². The summed E-state index contributed by atoms with van der Waals surface area (Å²) in [6.07, 6.45) is 0. The van der Waals surface area contributed by atoms with Crippen molar-refractivity contribution in [2.75, 3.05) is 0 Å². The van der Waals surface area contributed by atoms with E-state index in [1.165, 1.54) is 43.6 Å². The predicted octanol–water partition coefficient (Wildman–Crippen LogP) is 4.40. The summed E-state index contributed by atoms with van der Waals surface area (Å²) in [5.41, 5.74) is 1.00. The van der Waals surface area contributed by atoms with Gasteiger partial charge >= 0.3 is 0 Å². The second kappa shape index (κ2) is 7.94. The summed E-state index contributed by atoms with van der Waals surface area (Å²) in [5, 5.41) is 27.4. The van der Waals surface area contributed by atoms with Gasteiger partial charge in [0, 0.05) is 16.1 Å². The molecule has 0 aliphatic carbocycles. The molecule has 3 heterocycles. The third kappa shape index (κ3) is 3.87. The Kier molecular flexibility index (Phi) is 5.43. The number of hydrogen-bond acceptors (Lipinski definition) is 11. The first-order chi connectivity index (χ1) is 12.7. The van der Waals surface area contributed by atoms with Gasteiger partial charge in [-0.3, -0.25) is 0 Å². The molecule has 3 aromatic heterocycles. The van der Waals surface area contributed by atoms with Gasteiger partial charge in [0.05, 0.1) is 0 Å². The molecule has 0 saturated carbocycles. The van der Waals surface area contributed by atoms with Crippen LogP contribution in [0.3, 0.4) is 0 Å². The summed E-state index contributed by atoms with van der Waals surface area (Å²) in [6, 6.07) is 9.82. The number of nitrogens with zero attached hydrogens (tertiary/aromatic N) is 7. The van der Waals surface area contributed by atoms with Gasteiger partial charge in [0.15, 0.2) is 30.0 Å². The summed E-state index contributed by atoms with van der Waals surface area (Å²) in [7, 11) is 2.54. The van der Waals surface area contributed by atoms with Gasteiger partial charge in [0.25, 0.3) is 0 Å². The average Bonchev–Trinajstić information content (AvgIpc) is 3.41. The maximum absolute atomic E-state index is 6.15. The second-order valence-electron chi connectivity index (χ2n) is 4.53. The Morgan fingerprint density at radius 3 is 2.42 bits per heavy atom. The van der Waals surface area contributed by atoms with Crippen LogP contribution in [0.4, 0.5) is 0 Å². The zero-order chi connectivity index (χ0) is 17.9. The number of hydrogen-bond donors (Lipinski definition) is 0. The molecule has 7 nitrogen and oxygen atoms in total. The molecule has 0 unspecified atom stereocenters. The van der Waals surface area contributed by atoms with E-state index in [1.54, 1.807) is 0 Å². The Morgan fingerprint density at radius 2 is 1.65 bits per heavy atom. The third-order valence-electron chi connectivity index (χ3n) is 2.87. The van der Waals surface area contributed by atoms with Crippen LogP contribution in [-0.4, -0.2) is 29.9 Å². The highest BCUT2D eigenvalue weighted by atomic mass is 35.5. The normalized spacial score (nSPS) is 12.7. The van der Waals surface area contributed by atoms with Gasteiger partial charge in [-0.05, 0) is 10.3 Å². The molecule has 0 aliphatic heterocycles. The summed E-state index contributed by atoms with van der Waals surface area (Å²) in [5.74, 6) is 0. The number of benzene rings is 1. The monoisotopic (exact) mass is 457 g/mol. The molecule has 0 saturated heterocycles. The van der Waals surface area contributed by atoms with Crippen LogP contribution < -0.4 is 4.67 Å². The highest BCUT2D eigenvalue weighted by Gasteiger charge is 2.15. The van der Waals surface area contributed by atoms with Crippen LogP contribution in [0.5, 0.6) is 0 Å². The largest absolute Gasteiger partial charge is 0.189 e. The van der Waals surface area contributed by atoms with E-state index in [9.17, 15) is 0 Å². The second-order valence-corrected chi connectivity index (χ2v) is 9.03. The van der Waals surface area contributed by atoms with E-state index in [4.69, 9.17) is 23.2 Å². The fourth-order valence-corrected chi connectivity index (χ4v) is 5.43. The van der Waals surface area contributed by atoms with Crippen molar-refractivity contribution in [3.63, 3.8) is 0 Å². The van der Waals surface area contributed by atoms with Crippen molar-refractivity contribution in [2.45, 2.75) is 0 Å². The van der Waals surface area contributed by atoms with Crippen LogP contribution in [-0.2, 0) is 0 Å². The Balaban J connectivity index is 1.59. The number of aromatic nitrogens is 5. The van der Waals surface area contributed by atoms with Gasteiger partial charge in [-0.25, -0.2) is 0 Å². The molecule has 0 N–H and O–H groups in total. The first-order valence-electron chi connectivity index (χ1n) is 6.82. The van der Waals surface area contributed by atoms with Crippen molar-refractivity contribution in [1.29, 1.82) is 0 Å². The molecule has 0 amide bonds. The van der Waals surface area contributed by atoms with Crippen LogP contribution in [0.25, 0.3) is 20.6 Å². The van der Waals surface area contributed by atoms with Crippen molar-refractivity contribution in [2.24, 2.45) is 10.2 Å². The third-order valence-corrected chi connectivity index (χ3v) is 7.44. The van der Waals surface area contributed by atoms with Gasteiger partial charge in [-0.1, -0.05) is 76.2 Å². The number of halogens is 2. The fourth-order valence-electron chi connectivity index (χ4n) is 1.75. The molecule has 0 bridgehead atoms. The lowest BCUT2D eigenvalue weighted by molar-refractivity contribution is 1.05. The number of rotatable bonds is 4. The minimum absolute atomic E-state index is 0.121. The SMILES string of the molecule is Cl/C(=N\N=c1\ssnc1Cl)c1nnc(-c2nnc(-c3ccccc3)s2)s1. The maximum Gasteiger partial charge on any atom is 0.189 e. The minimum Gasteiger partial charge on any atom is -0.167 e. The molecular formula is C13H5Cl2N7S4. The van der Waals surface area contributed by atoms with Gasteiger partial charge < -0.3 is 0 Å². The summed E-state index contributed by atoms with van der Waals surface area (Å²) < 4.78 is 4.42.